The number of benzene rings is 1. The molecule has 112 valence electrons. The average Bonchev–Trinajstić information content (AvgIpc) is 2.42. The summed E-state index contributed by atoms with van der Waals surface area (Å²) in [7, 11) is 8.04. The molecular formula is C16H27N3O. The molecule has 0 unspecified atom stereocenters. The van der Waals surface area contributed by atoms with Crippen LogP contribution in [-0.2, 0) is 11.2 Å². The van der Waals surface area contributed by atoms with E-state index in [9.17, 15) is 0 Å². The van der Waals surface area contributed by atoms with Gasteiger partial charge in [-0.15, -0.1) is 0 Å². The van der Waals surface area contributed by atoms with Gasteiger partial charge in [-0.05, 0) is 18.4 Å². The largest absolute Gasteiger partial charge is 0.381 e. The molecular weight excluding hydrogens is 250 g/mol. The van der Waals surface area contributed by atoms with Crippen LogP contribution in [0.15, 0.2) is 35.3 Å². The van der Waals surface area contributed by atoms with E-state index in [-0.39, 0.29) is 0 Å². The Balaban J connectivity index is 2.11. The van der Waals surface area contributed by atoms with Crippen LogP contribution in [0.3, 0.4) is 0 Å². The van der Waals surface area contributed by atoms with Crippen LogP contribution >= 0.6 is 0 Å². The van der Waals surface area contributed by atoms with Crippen LogP contribution in [0.1, 0.15) is 12.0 Å². The van der Waals surface area contributed by atoms with E-state index in [2.05, 4.69) is 29.3 Å². The Morgan fingerprint density at radius 3 is 2.25 bits per heavy atom. The molecule has 0 saturated carbocycles. The Morgan fingerprint density at radius 2 is 1.65 bits per heavy atom. The molecule has 0 aliphatic heterocycles. The van der Waals surface area contributed by atoms with Crippen LogP contribution in [0.2, 0.25) is 0 Å². The fourth-order valence-corrected chi connectivity index (χ4v) is 1.97. The molecule has 1 rings (SSSR count). The number of rotatable bonds is 7. The summed E-state index contributed by atoms with van der Waals surface area (Å²) in [5, 5.41) is 0. The molecule has 0 aliphatic carbocycles. The number of nitrogens with zero attached hydrogens (tertiary/aromatic N) is 3. The fourth-order valence-electron chi connectivity index (χ4n) is 1.97. The Labute approximate surface area is 123 Å². The maximum atomic E-state index is 5.64. The zero-order valence-corrected chi connectivity index (χ0v) is 13.2. The zero-order valence-electron chi connectivity index (χ0n) is 13.2. The van der Waals surface area contributed by atoms with Crippen molar-refractivity contribution in [3.63, 3.8) is 0 Å². The Bertz CT molecular complexity index is 378. The van der Waals surface area contributed by atoms with Crippen molar-refractivity contribution in [3.05, 3.63) is 35.9 Å². The van der Waals surface area contributed by atoms with Gasteiger partial charge in [-0.2, -0.15) is 0 Å². The van der Waals surface area contributed by atoms with Crippen LogP contribution in [-0.4, -0.2) is 63.7 Å². The number of guanidine groups is 1. The molecule has 4 nitrogen and oxygen atoms in total. The van der Waals surface area contributed by atoms with Crippen LogP contribution < -0.4 is 0 Å². The molecule has 0 aliphatic rings. The first-order chi connectivity index (χ1) is 9.61. The maximum Gasteiger partial charge on any atom is 0.195 e. The lowest BCUT2D eigenvalue weighted by Gasteiger charge is -2.22. The molecule has 0 heterocycles. The molecule has 0 saturated heterocycles. The molecule has 1 aromatic carbocycles. The van der Waals surface area contributed by atoms with E-state index >= 15 is 0 Å². The average molecular weight is 277 g/mol. The summed E-state index contributed by atoms with van der Waals surface area (Å²) < 4.78 is 5.64. The molecule has 0 radical (unpaired) electrons. The van der Waals surface area contributed by atoms with E-state index in [1.165, 1.54) is 5.56 Å². The maximum absolute atomic E-state index is 5.64. The second-order valence-corrected chi connectivity index (χ2v) is 5.17. The third-order valence-electron chi connectivity index (χ3n) is 2.88. The van der Waals surface area contributed by atoms with Crippen LogP contribution in [0, 0.1) is 0 Å². The normalized spacial score (nSPS) is 10.2. The lowest BCUT2D eigenvalue weighted by Crippen LogP contribution is -2.35. The summed E-state index contributed by atoms with van der Waals surface area (Å²) >= 11 is 0. The van der Waals surface area contributed by atoms with Gasteiger partial charge in [-0.1, -0.05) is 30.3 Å². The second-order valence-electron chi connectivity index (χ2n) is 5.17. The molecule has 0 N–H and O–H groups in total. The van der Waals surface area contributed by atoms with Crippen molar-refractivity contribution in [3.8, 4) is 0 Å². The third kappa shape index (κ3) is 6.57. The number of aliphatic imine (C=N–C) groups is 1. The van der Waals surface area contributed by atoms with Crippen LogP contribution in [0.4, 0.5) is 0 Å². The van der Waals surface area contributed by atoms with Crippen LogP contribution in [0.25, 0.3) is 0 Å². The fraction of sp³-hybridized carbons (Fsp3) is 0.562. The van der Waals surface area contributed by atoms with Gasteiger partial charge in [0.2, 0.25) is 0 Å². The van der Waals surface area contributed by atoms with Gasteiger partial charge in [-0.3, -0.25) is 4.99 Å². The predicted molar refractivity (Wildman–Crippen MR) is 85.3 cm³/mol. The molecule has 4 heteroatoms. The number of ether oxygens (including phenoxy) is 1. The van der Waals surface area contributed by atoms with Gasteiger partial charge in [0.25, 0.3) is 0 Å². The SMILES string of the molecule is CN(C)C(=NCCCOCCc1ccccc1)N(C)C. The van der Waals surface area contributed by atoms with Crippen molar-refractivity contribution in [2.45, 2.75) is 12.8 Å². The zero-order chi connectivity index (χ0) is 14.8. The second kappa shape index (κ2) is 9.37. The lowest BCUT2D eigenvalue weighted by molar-refractivity contribution is 0.136. The predicted octanol–water partition coefficient (Wildman–Crippen LogP) is 2.12. The molecule has 0 atom stereocenters. The first-order valence-corrected chi connectivity index (χ1v) is 7.12. The van der Waals surface area contributed by atoms with E-state index in [1.807, 2.05) is 44.1 Å². The first-order valence-electron chi connectivity index (χ1n) is 7.12. The van der Waals surface area contributed by atoms with Gasteiger partial charge >= 0.3 is 0 Å². The van der Waals surface area contributed by atoms with Crippen LogP contribution in [0.5, 0.6) is 0 Å². The lowest BCUT2D eigenvalue weighted by atomic mass is 10.2. The minimum atomic E-state index is 0.768. The first kappa shape index (κ1) is 16.5. The summed E-state index contributed by atoms with van der Waals surface area (Å²) in [6.45, 7) is 2.35. The third-order valence-corrected chi connectivity index (χ3v) is 2.88. The van der Waals surface area contributed by atoms with E-state index in [4.69, 9.17) is 4.74 Å². The Morgan fingerprint density at radius 1 is 1.00 bits per heavy atom. The van der Waals surface area contributed by atoms with Gasteiger partial charge < -0.3 is 14.5 Å². The standard InChI is InChI=1S/C16H27N3O/c1-18(2)16(19(3)4)17-12-8-13-20-14-11-15-9-6-5-7-10-15/h5-7,9-10H,8,11-14H2,1-4H3. The summed E-state index contributed by atoms with van der Waals surface area (Å²) in [5.74, 6) is 0.995. The molecule has 0 bridgehead atoms. The number of hydrogen-bond donors (Lipinski definition) is 0. The molecule has 0 amide bonds. The summed E-state index contributed by atoms with van der Waals surface area (Å²) in [6, 6.07) is 10.4. The minimum Gasteiger partial charge on any atom is -0.381 e. The summed E-state index contributed by atoms with van der Waals surface area (Å²) in [4.78, 5) is 8.62. The highest BCUT2D eigenvalue weighted by Crippen LogP contribution is 2.00. The van der Waals surface area contributed by atoms with Crippen molar-refractivity contribution in [1.29, 1.82) is 0 Å². The number of hydrogen-bond acceptors (Lipinski definition) is 2. The minimum absolute atomic E-state index is 0.768. The van der Waals surface area contributed by atoms with Gasteiger partial charge in [-0.25, -0.2) is 0 Å². The summed E-state index contributed by atoms with van der Waals surface area (Å²) in [5.41, 5.74) is 1.33. The van der Waals surface area contributed by atoms with E-state index in [1.54, 1.807) is 0 Å². The van der Waals surface area contributed by atoms with E-state index in [0.29, 0.717) is 0 Å². The van der Waals surface area contributed by atoms with Crippen molar-refractivity contribution in [2.75, 3.05) is 47.9 Å². The highest BCUT2D eigenvalue weighted by molar-refractivity contribution is 5.79. The summed E-state index contributed by atoms with van der Waals surface area (Å²) in [6.07, 6.45) is 1.94. The van der Waals surface area contributed by atoms with Gasteiger partial charge in [0, 0.05) is 41.3 Å². The highest BCUT2D eigenvalue weighted by Gasteiger charge is 2.02. The molecule has 20 heavy (non-hydrogen) atoms. The van der Waals surface area contributed by atoms with E-state index in [0.717, 1.165) is 38.6 Å². The smallest absolute Gasteiger partial charge is 0.195 e. The topological polar surface area (TPSA) is 28.1 Å². The molecule has 0 spiro atoms. The molecule has 0 aromatic heterocycles. The van der Waals surface area contributed by atoms with Gasteiger partial charge in [0.1, 0.15) is 0 Å². The van der Waals surface area contributed by atoms with E-state index < -0.39 is 0 Å². The molecule has 0 fully saturated rings. The monoisotopic (exact) mass is 277 g/mol. The van der Waals surface area contributed by atoms with Crippen molar-refractivity contribution < 1.29 is 4.74 Å². The Hall–Kier alpha value is -1.55. The van der Waals surface area contributed by atoms with Crippen molar-refractivity contribution in [1.82, 2.24) is 9.80 Å². The van der Waals surface area contributed by atoms with Gasteiger partial charge in [0.05, 0.1) is 6.61 Å². The highest BCUT2D eigenvalue weighted by atomic mass is 16.5. The van der Waals surface area contributed by atoms with Crippen molar-refractivity contribution >= 4 is 5.96 Å². The molecule has 1 aromatic rings. The van der Waals surface area contributed by atoms with Crippen molar-refractivity contribution in [2.24, 2.45) is 4.99 Å². The van der Waals surface area contributed by atoms with Gasteiger partial charge in [0.15, 0.2) is 5.96 Å². The quantitative estimate of drug-likeness (QED) is 0.434. The Kier molecular flexibility index (Phi) is 7.73.